The van der Waals surface area contributed by atoms with Crippen LogP contribution in [0.3, 0.4) is 0 Å². The van der Waals surface area contributed by atoms with Crippen LogP contribution in [0.5, 0.6) is 0 Å². The molecule has 5 rings (SSSR count). The van der Waals surface area contributed by atoms with E-state index in [2.05, 4.69) is 9.97 Å². The van der Waals surface area contributed by atoms with Crippen LogP contribution in [-0.4, -0.2) is 9.97 Å². The zero-order valence-electron chi connectivity index (χ0n) is 12.4. The maximum absolute atomic E-state index is 13.1. The summed E-state index contributed by atoms with van der Waals surface area (Å²) in [6.45, 7) is 0. The zero-order valence-corrected chi connectivity index (χ0v) is 13.2. The van der Waals surface area contributed by atoms with Crippen molar-refractivity contribution < 1.29 is 4.42 Å². The summed E-state index contributed by atoms with van der Waals surface area (Å²) < 4.78 is 6.07. The molecule has 0 atom stereocenters. The van der Waals surface area contributed by atoms with Crippen LogP contribution >= 0.6 is 11.3 Å². The molecular weight excluding hydrogens is 320 g/mol. The molecule has 0 saturated heterocycles. The Morgan fingerprint density at radius 1 is 0.958 bits per heavy atom. The highest BCUT2D eigenvalue weighted by atomic mass is 32.1. The monoisotopic (exact) mass is 330 g/mol. The lowest BCUT2D eigenvalue weighted by Gasteiger charge is -2.12. The fourth-order valence-electron chi connectivity index (χ4n) is 2.98. The first-order valence-electron chi connectivity index (χ1n) is 7.47. The van der Waals surface area contributed by atoms with Gasteiger partial charge in [0.1, 0.15) is 5.69 Å². The molecule has 0 amide bonds. The third kappa shape index (κ3) is 1.82. The van der Waals surface area contributed by atoms with E-state index in [4.69, 9.17) is 4.42 Å². The number of hydrogen-bond acceptors (Lipinski definition) is 5. The molecule has 0 spiro atoms. The van der Waals surface area contributed by atoms with Gasteiger partial charge >= 0.3 is 0 Å². The van der Waals surface area contributed by atoms with Gasteiger partial charge in [0.05, 0.1) is 5.56 Å². The van der Waals surface area contributed by atoms with Crippen LogP contribution in [0.1, 0.15) is 0 Å². The van der Waals surface area contributed by atoms with E-state index in [0.717, 1.165) is 10.3 Å². The zero-order chi connectivity index (χ0) is 16.1. The Morgan fingerprint density at radius 3 is 2.67 bits per heavy atom. The van der Waals surface area contributed by atoms with Crippen molar-refractivity contribution in [1.82, 2.24) is 9.97 Å². The van der Waals surface area contributed by atoms with Crippen molar-refractivity contribution in [2.75, 3.05) is 0 Å². The van der Waals surface area contributed by atoms with Gasteiger partial charge in [0.15, 0.2) is 22.4 Å². The maximum atomic E-state index is 13.1. The van der Waals surface area contributed by atoms with Gasteiger partial charge in [0.25, 0.3) is 0 Å². The molecule has 2 aromatic heterocycles. The van der Waals surface area contributed by atoms with Gasteiger partial charge in [-0.1, -0.05) is 30.3 Å². The molecule has 0 radical (unpaired) electrons. The van der Waals surface area contributed by atoms with E-state index < -0.39 is 0 Å². The molecular formula is C19H10N2O2S. The minimum Gasteiger partial charge on any atom is -0.450 e. The van der Waals surface area contributed by atoms with Crippen molar-refractivity contribution in [2.24, 2.45) is 0 Å². The van der Waals surface area contributed by atoms with E-state index in [1.807, 2.05) is 47.8 Å². The Kier molecular flexibility index (Phi) is 2.78. The van der Waals surface area contributed by atoms with Crippen LogP contribution in [0, 0.1) is 0 Å². The molecule has 0 N–H and O–H groups in total. The van der Waals surface area contributed by atoms with Gasteiger partial charge in [-0.05, 0) is 23.6 Å². The first-order valence-corrected chi connectivity index (χ1v) is 8.35. The van der Waals surface area contributed by atoms with Crippen molar-refractivity contribution in [3.8, 4) is 21.9 Å². The molecule has 4 nitrogen and oxygen atoms in total. The van der Waals surface area contributed by atoms with E-state index in [1.165, 1.54) is 11.3 Å². The molecule has 0 bridgehead atoms. The first kappa shape index (κ1) is 13.4. The largest absolute Gasteiger partial charge is 0.450 e. The average molecular weight is 330 g/mol. The lowest BCUT2D eigenvalue weighted by atomic mass is 9.98. The molecule has 24 heavy (non-hydrogen) atoms. The van der Waals surface area contributed by atoms with E-state index in [0.29, 0.717) is 33.6 Å². The van der Waals surface area contributed by atoms with Crippen LogP contribution in [0.4, 0.5) is 0 Å². The van der Waals surface area contributed by atoms with Gasteiger partial charge in [-0.15, -0.1) is 11.3 Å². The Bertz CT molecular complexity index is 1230. The van der Waals surface area contributed by atoms with Crippen molar-refractivity contribution in [1.29, 1.82) is 0 Å². The topological polar surface area (TPSA) is 56.0 Å². The summed E-state index contributed by atoms with van der Waals surface area (Å²) in [5, 5.41) is 3.38. The Labute approximate surface area is 140 Å². The fourth-order valence-corrected chi connectivity index (χ4v) is 3.75. The third-order valence-electron chi connectivity index (χ3n) is 4.04. The van der Waals surface area contributed by atoms with Gasteiger partial charge in [-0.25, -0.2) is 9.97 Å². The molecule has 2 aliphatic rings. The van der Waals surface area contributed by atoms with E-state index in [1.54, 1.807) is 12.3 Å². The highest BCUT2D eigenvalue weighted by molar-refractivity contribution is 7.13. The van der Waals surface area contributed by atoms with E-state index >= 15 is 0 Å². The molecule has 1 aromatic carbocycles. The first-order chi connectivity index (χ1) is 11.8. The number of fused-ring (bicyclic) bond motifs is 4. The predicted molar refractivity (Wildman–Crippen MR) is 95.5 cm³/mol. The second-order valence-electron chi connectivity index (χ2n) is 5.44. The summed E-state index contributed by atoms with van der Waals surface area (Å²) in [4.78, 5) is 22.9. The van der Waals surface area contributed by atoms with E-state index in [-0.39, 0.29) is 5.43 Å². The van der Waals surface area contributed by atoms with Gasteiger partial charge in [-0.2, -0.15) is 0 Å². The molecule has 0 unspecified atom stereocenters. The van der Waals surface area contributed by atoms with Crippen molar-refractivity contribution in [3.05, 3.63) is 70.3 Å². The summed E-state index contributed by atoms with van der Waals surface area (Å²) in [5.74, 6) is 0.515. The van der Waals surface area contributed by atoms with Gasteiger partial charge in [-0.3, -0.25) is 4.79 Å². The summed E-state index contributed by atoms with van der Waals surface area (Å²) in [6.07, 6.45) is 1.68. The van der Waals surface area contributed by atoms with Crippen LogP contribution in [0.25, 0.3) is 43.9 Å². The lowest BCUT2D eigenvalue weighted by Crippen LogP contribution is -2.09. The summed E-state index contributed by atoms with van der Waals surface area (Å²) in [6, 6.07) is 15.0. The van der Waals surface area contributed by atoms with Gasteiger partial charge in [0.2, 0.25) is 0 Å². The standard InChI is InChI=1S/C19H10N2O2S/c22-17-12-6-2-1-5-11(12)16-18(15(17)14-8-4-10-24-14)23-13-7-3-9-20-19(13)21-16/h1-10H. The molecule has 114 valence electrons. The maximum Gasteiger partial charge on any atom is 0.198 e. The molecule has 0 saturated carbocycles. The summed E-state index contributed by atoms with van der Waals surface area (Å²) in [5.41, 5.74) is 2.30. The van der Waals surface area contributed by atoms with Crippen LogP contribution < -0.4 is 5.43 Å². The second kappa shape index (κ2) is 4.97. The smallest absolute Gasteiger partial charge is 0.198 e. The normalized spacial score (nSPS) is 11.5. The Hall–Kier alpha value is -3.05. The number of thiophene rings is 1. The van der Waals surface area contributed by atoms with E-state index in [9.17, 15) is 4.79 Å². The molecule has 1 aliphatic heterocycles. The second-order valence-corrected chi connectivity index (χ2v) is 6.39. The van der Waals surface area contributed by atoms with Crippen LogP contribution in [-0.2, 0) is 0 Å². The average Bonchev–Trinajstić information content (AvgIpc) is 3.15. The molecule has 0 fully saturated rings. The number of pyridine rings is 1. The minimum absolute atomic E-state index is 0.0330. The number of benzene rings is 2. The predicted octanol–water partition coefficient (Wildman–Crippen LogP) is 4.57. The Morgan fingerprint density at radius 2 is 1.83 bits per heavy atom. The Balaban J connectivity index is 2.08. The van der Waals surface area contributed by atoms with Crippen molar-refractivity contribution in [3.63, 3.8) is 0 Å². The summed E-state index contributed by atoms with van der Waals surface area (Å²) in [7, 11) is 0. The molecule has 1 aliphatic carbocycles. The fraction of sp³-hybridized carbons (Fsp3) is 0. The quantitative estimate of drug-likeness (QED) is 0.334. The highest BCUT2D eigenvalue weighted by Gasteiger charge is 2.23. The van der Waals surface area contributed by atoms with Gasteiger partial charge in [0, 0.05) is 21.8 Å². The van der Waals surface area contributed by atoms with Crippen molar-refractivity contribution in [2.45, 2.75) is 0 Å². The van der Waals surface area contributed by atoms with Gasteiger partial charge < -0.3 is 4.42 Å². The highest BCUT2D eigenvalue weighted by Crippen LogP contribution is 2.38. The minimum atomic E-state index is -0.0330. The van der Waals surface area contributed by atoms with Crippen molar-refractivity contribution >= 4 is 33.3 Å². The molecule has 5 heteroatoms. The molecule has 3 heterocycles. The number of aromatic nitrogens is 2. The van der Waals surface area contributed by atoms with Crippen LogP contribution in [0.2, 0.25) is 0 Å². The summed E-state index contributed by atoms with van der Waals surface area (Å²) >= 11 is 1.52. The SMILES string of the molecule is O=c1c(-c2cccs2)c2oc3cccnc3nc-2c2ccccc12. The number of hydrogen-bond donors (Lipinski definition) is 0. The number of nitrogens with zero attached hydrogens (tertiary/aromatic N) is 2. The molecule has 3 aromatic rings. The lowest BCUT2D eigenvalue weighted by molar-refractivity contribution is 0.613. The van der Waals surface area contributed by atoms with Crippen LogP contribution in [0.15, 0.2) is 69.3 Å². The third-order valence-corrected chi connectivity index (χ3v) is 4.93. The number of rotatable bonds is 1.